The third kappa shape index (κ3) is 4.75. The molecule has 2 aromatic carbocycles. The monoisotopic (exact) mass is 309 g/mol. The van der Waals surface area contributed by atoms with Gasteiger partial charge in [0.05, 0.1) is 4.90 Å². The van der Waals surface area contributed by atoms with E-state index in [0.29, 0.717) is 24.6 Å². The van der Waals surface area contributed by atoms with E-state index in [1.54, 1.807) is 24.3 Å². The number of hydrogen-bond donors (Lipinski definition) is 1. The molecule has 0 aliphatic heterocycles. The molecule has 0 radical (unpaired) electrons. The van der Waals surface area contributed by atoms with Crippen LogP contribution in [0.5, 0.6) is 5.75 Å². The van der Waals surface area contributed by atoms with E-state index in [0.717, 1.165) is 6.26 Å². The van der Waals surface area contributed by atoms with Gasteiger partial charge in [-0.05, 0) is 36.4 Å². The number of ether oxygens (including phenoxy) is 1. The minimum absolute atomic E-state index is 0.220. The first-order valence-corrected chi connectivity index (χ1v) is 8.27. The van der Waals surface area contributed by atoms with Crippen molar-refractivity contribution in [2.75, 3.05) is 24.7 Å². The Labute approximate surface area is 123 Å². The zero-order chi connectivity index (χ0) is 15.3. The minimum Gasteiger partial charge on any atom is -0.492 e. The summed E-state index contributed by atoms with van der Waals surface area (Å²) < 4.78 is 41.3. The fraction of sp³-hybridized carbons (Fsp3) is 0.200. The maximum Gasteiger partial charge on any atom is 0.175 e. The van der Waals surface area contributed by atoms with Gasteiger partial charge in [-0.1, -0.05) is 12.1 Å². The summed E-state index contributed by atoms with van der Waals surface area (Å²) in [7, 11) is -3.24. The van der Waals surface area contributed by atoms with Gasteiger partial charge in [-0.2, -0.15) is 0 Å². The van der Waals surface area contributed by atoms with Crippen LogP contribution in [0.3, 0.4) is 0 Å². The Bertz CT molecular complexity index is 716. The van der Waals surface area contributed by atoms with E-state index < -0.39 is 9.84 Å². The second-order valence-corrected chi connectivity index (χ2v) is 6.55. The molecule has 0 aliphatic carbocycles. The SMILES string of the molecule is CS(=O)(=O)c1cccc(OCCNc2cccc(F)c2)c1. The Morgan fingerprint density at radius 3 is 2.62 bits per heavy atom. The summed E-state index contributed by atoms with van der Waals surface area (Å²) in [5.74, 6) is 0.181. The van der Waals surface area contributed by atoms with Crippen LogP contribution < -0.4 is 10.1 Å². The molecule has 2 aromatic rings. The van der Waals surface area contributed by atoms with Gasteiger partial charge in [-0.3, -0.25) is 0 Å². The van der Waals surface area contributed by atoms with Crippen molar-refractivity contribution >= 4 is 15.5 Å². The number of sulfone groups is 1. The lowest BCUT2D eigenvalue weighted by molar-refractivity contribution is 0.332. The summed E-state index contributed by atoms with van der Waals surface area (Å²) in [5, 5.41) is 3.02. The largest absolute Gasteiger partial charge is 0.492 e. The molecule has 0 saturated carbocycles. The Hall–Kier alpha value is -2.08. The first-order valence-electron chi connectivity index (χ1n) is 6.37. The fourth-order valence-corrected chi connectivity index (χ4v) is 2.41. The Kier molecular flexibility index (Phi) is 4.80. The quantitative estimate of drug-likeness (QED) is 0.834. The highest BCUT2D eigenvalue weighted by molar-refractivity contribution is 7.90. The van der Waals surface area contributed by atoms with E-state index in [2.05, 4.69) is 5.32 Å². The molecule has 0 saturated heterocycles. The molecular weight excluding hydrogens is 293 g/mol. The van der Waals surface area contributed by atoms with Crippen molar-refractivity contribution in [3.05, 3.63) is 54.3 Å². The molecule has 0 bridgehead atoms. The normalized spacial score (nSPS) is 11.1. The molecule has 4 nitrogen and oxygen atoms in total. The summed E-state index contributed by atoms with van der Waals surface area (Å²) in [6.07, 6.45) is 1.15. The van der Waals surface area contributed by atoms with Crippen molar-refractivity contribution in [1.82, 2.24) is 0 Å². The smallest absolute Gasteiger partial charge is 0.175 e. The van der Waals surface area contributed by atoms with Crippen molar-refractivity contribution in [2.24, 2.45) is 0 Å². The van der Waals surface area contributed by atoms with Crippen LogP contribution >= 0.6 is 0 Å². The number of halogens is 1. The molecule has 6 heteroatoms. The van der Waals surface area contributed by atoms with Gasteiger partial charge in [0, 0.05) is 18.5 Å². The first kappa shape index (κ1) is 15.3. The second-order valence-electron chi connectivity index (χ2n) is 4.53. The summed E-state index contributed by atoms with van der Waals surface area (Å²) in [4.78, 5) is 0.220. The van der Waals surface area contributed by atoms with Gasteiger partial charge in [0.1, 0.15) is 18.2 Å². The highest BCUT2D eigenvalue weighted by atomic mass is 32.2. The fourth-order valence-electron chi connectivity index (χ4n) is 1.76. The predicted octanol–water partition coefficient (Wildman–Crippen LogP) is 2.72. The first-order chi connectivity index (χ1) is 9.95. The van der Waals surface area contributed by atoms with Crippen LogP contribution in [0, 0.1) is 5.82 Å². The molecule has 0 heterocycles. The lowest BCUT2D eigenvalue weighted by Crippen LogP contribution is -2.11. The van der Waals surface area contributed by atoms with Crippen molar-refractivity contribution < 1.29 is 17.5 Å². The average molecular weight is 309 g/mol. The number of anilines is 1. The molecule has 0 unspecified atom stereocenters. The molecular formula is C15H16FNO3S. The highest BCUT2D eigenvalue weighted by Crippen LogP contribution is 2.17. The van der Waals surface area contributed by atoms with Crippen molar-refractivity contribution in [3.63, 3.8) is 0 Å². The van der Waals surface area contributed by atoms with Gasteiger partial charge in [0.2, 0.25) is 0 Å². The van der Waals surface area contributed by atoms with Crippen LogP contribution in [0.2, 0.25) is 0 Å². The van der Waals surface area contributed by atoms with Gasteiger partial charge < -0.3 is 10.1 Å². The van der Waals surface area contributed by atoms with Gasteiger partial charge >= 0.3 is 0 Å². The molecule has 0 amide bonds. The van der Waals surface area contributed by atoms with E-state index in [-0.39, 0.29) is 10.7 Å². The molecule has 0 spiro atoms. The number of hydrogen-bond acceptors (Lipinski definition) is 4. The lowest BCUT2D eigenvalue weighted by Gasteiger charge is -2.09. The Morgan fingerprint density at radius 1 is 1.14 bits per heavy atom. The Balaban J connectivity index is 1.87. The van der Waals surface area contributed by atoms with Gasteiger partial charge in [0.25, 0.3) is 0 Å². The molecule has 0 fully saturated rings. The maximum atomic E-state index is 13.0. The second kappa shape index (κ2) is 6.58. The van der Waals surface area contributed by atoms with Crippen LogP contribution in [0.4, 0.5) is 10.1 Å². The summed E-state index contributed by atoms with van der Waals surface area (Å²) in [6, 6.07) is 12.5. The van der Waals surface area contributed by atoms with E-state index in [4.69, 9.17) is 4.74 Å². The number of rotatable bonds is 6. The predicted molar refractivity (Wildman–Crippen MR) is 79.9 cm³/mol. The average Bonchev–Trinajstić information content (AvgIpc) is 2.43. The molecule has 0 aromatic heterocycles. The number of nitrogens with one attached hydrogen (secondary N) is 1. The van der Waals surface area contributed by atoms with Gasteiger partial charge in [-0.15, -0.1) is 0 Å². The van der Waals surface area contributed by atoms with Crippen molar-refractivity contribution in [3.8, 4) is 5.75 Å². The third-order valence-electron chi connectivity index (χ3n) is 2.76. The minimum atomic E-state index is -3.24. The standard InChI is InChI=1S/C15H16FNO3S/c1-21(18,19)15-7-3-6-14(11-15)20-9-8-17-13-5-2-4-12(16)10-13/h2-7,10-11,17H,8-9H2,1H3. The molecule has 2 rings (SSSR count). The van der Waals surface area contributed by atoms with Crippen LogP contribution in [-0.2, 0) is 9.84 Å². The van der Waals surface area contributed by atoms with Gasteiger partial charge in [-0.25, -0.2) is 12.8 Å². The zero-order valence-corrected chi connectivity index (χ0v) is 12.4. The van der Waals surface area contributed by atoms with E-state index in [1.165, 1.54) is 24.3 Å². The maximum absolute atomic E-state index is 13.0. The third-order valence-corrected chi connectivity index (χ3v) is 3.87. The van der Waals surface area contributed by atoms with Crippen LogP contribution in [0.25, 0.3) is 0 Å². The molecule has 112 valence electrons. The summed E-state index contributed by atoms with van der Waals surface area (Å²) >= 11 is 0. The lowest BCUT2D eigenvalue weighted by atomic mass is 10.3. The van der Waals surface area contributed by atoms with Gasteiger partial charge in [0.15, 0.2) is 9.84 Å². The highest BCUT2D eigenvalue weighted by Gasteiger charge is 2.07. The topological polar surface area (TPSA) is 55.4 Å². The zero-order valence-electron chi connectivity index (χ0n) is 11.5. The Morgan fingerprint density at radius 2 is 1.90 bits per heavy atom. The molecule has 21 heavy (non-hydrogen) atoms. The summed E-state index contributed by atoms with van der Waals surface area (Å²) in [5.41, 5.74) is 0.670. The van der Waals surface area contributed by atoms with E-state index in [9.17, 15) is 12.8 Å². The van der Waals surface area contributed by atoms with E-state index in [1.807, 2.05) is 0 Å². The molecule has 0 atom stereocenters. The molecule has 1 N–H and O–H groups in total. The summed E-state index contributed by atoms with van der Waals surface area (Å²) in [6.45, 7) is 0.816. The molecule has 0 aliphatic rings. The van der Waals surface area contributed by atoms with E-state index >= 15 is 0 Å². The van der Waals surface area contributed by atoms with Crippen molar-refractivity contribution in [1.29, 1.82) is 0 Å². The number of benzene rings is 2. The van der Waals surface area contributed by atoms with Crippen LogP contribution in [0.15, 0.2) is 53.4 Å². The van der Waals surface area contributed by atoms with Crippen LogP contribution in [-0.4, -0.2) is 27.8 Å². The van der Waals surface area contributed by atoms with Crippen LogP contribution in [0.1, 0.15) is 0 Å². The van der Waals surface area contributed by atoms with Crippen molar-refractivity contribution in [2.45, 2.75) is 4.90 Å².